The molecule has 0 bridgehead atoms. The van der Waals surface area contributed by atoms with E-state index in [0.717, 1.165) is 29.2 Å². The van der Waals surface area contributed by atoms with Gasteiger partial charge in [-0.1, -0.05) is 40.5 Å². The molecule has 0 N–H and O–H groups in total. The minimum Gasteiger partial charge on any atom is -0.303 e. The molecule has 2 rings (SSSR count). The molecule has 0 saturated heterocycles. The van der Waals surface area contributed by atoms with Gasteiger partial charge in [0, 0.05) is 12.6 Å². The van der Waals surface area contributed by atoms with Gasteiger partial charge in [-0.3, -0.25) is 0 Å². The summed E-state index contributed by atoms with van der Waals surface area (Å²) in [5, 5.41) is 0. The summed E-state index contributed by atoms with van der Waals surface area (Å²) in [4.78, 5) is 2.63. The molecule has 0 aliphatic heterocycles. The molecule has 20 heavy (non-hydrogen) atoms. The van der Waals surface area contributed by atoms with Crippen molar-refractivity contribution >= 4 is 0 Å². The molecule has 2 aliphatic rings. The molecule has 0 amide bonds. The Morgan fingerprint density at radius 1 is 1.00 bits per heavy atom. The Labute approximate surface area is 127 Å². The van der Waals surface area contributed by atoms with Gasteiger partial charge in [-0.2, -0.15) is 0 Å². The first-order chi connectivity index (χ1) is 9.40. The van der Waals surface area contributed by atoms with Crippen LogP contribution in [0.25, 0.3) is 0 Å². The predicted octanol–water partition coefficient (Wildman–Crippen LogP) is 5.35. The van der Waals surface area contributed by atoms with E-state index in [1.54, 1.807) is 12.8 Å². The molecule has 0 aromatic rings. The standard InChI is InChI=1S/C19H37N/c1-15(2)6-7-17-12-19(13-17)10-8-18(9-11-19)20(5)14-16(3)4/h15-18H,6-14H2,1-5H3. The maximum absolute atomic E-state index is 2.63. The van der Waals surface area contributed by atoms with Crippen LogP contribution in [0.2, 0.25) is 0 Å². The normalized spacial score (nSPS) is 34.2. The minimum atomic E-state index is 0.789. The van der Waals surface area contributed by atoms with E-state index < -0.39 is 0 Å². The Morgan fingerprint density at radius 3 is 2.10 bits per heavy atom. The van der Waals surface area contributed by atoms with Crippen molar-refractivity contribution in [2.45, 2.75) is 85.1 Å². The molecular formula is C19H37N. The lowest BCUT2D eigenvalue weighted by Gasteiger charge is -2.53. The number of nitrogens with zero attached hydrogens (tertiary/aromatic N) is 1. The molecule has 118 valence electrons. The van der Waals surface area contributed by atoms with E-state index in [9.17, 15) is 0 Å². The highest BCUT2D eigenvalue weighted by Gasteiger charge is 2.45. The lowest BCUT2D eigenvalue weighted by molar-refractivity contribution is -0.0148. The molecule has 0 atom stereocenters. The number of rotatable bonds is 6. The molecule has 1 spiro atoms. The van der Waals surface area contributed by atoms with Crippen molar-refractivity contribution in [1.82, 2.24) is 4.90 Å². The van der Waals surface area contributed by atoms with Crippen LogP contribution < -0.4 is 0 Å². The van der Waals surface area contributed by atoms with Crippen molar-refractivity contribution in [3.63, 3.8) is 0 Å². The van der Waals surface area contributed by atoms with Crippen molar-refractivity contribution in [3.8, 4) is 0 Å². The monoisotopic (exact) mass is 279 g/mol. The van der Waals surface area contributed by atoms with Crippen LogP contribution in [-0.4, -0.2) is 24.5 Å². The van der Waals surface area contributed by atoms with Gasteiger partial charge >= 0.3 is 0 Å². The minimum absolute atomic E-state index is 0.789. The van der Waals surface area contributed by atoms with E-state index in [4.69, 9.17) is 0 Å². The molecule has 0 heterocycles. The first kappa shape index (κ1) is 16.3. The third-order valence-electron chi connectivity index (χ3n) is 5.89. The van der Waals surface area contributed by atoms with Crippen LogP contribution in [0.3, 0.4) is 0 Å². The highest BCUT2D eigenvalue weighted by atomic mass is 15.1. The molecule has 1 nitrogen and oxygen atoms in total. The fourth-order valence-corrected chi connectivity index (χ4v) is 4.73. The van der Waals surface area contributed by atoms with Crippen LogP contribution in [0.5, 0.6) is 0 Å². The molecule has 0 aromatic carbocycles. The molecule has 0 radical (unpaired) electrons. The quantitative estimate of drug-likeness (QED) is 0.633. The van der Waals surface area contributed by atoms with Crippen molar-refractivity contribution < 1.29 is 0 Å². The number of hydrogen-bond donors (Lipinski definition) is 0. The van der Waals surface area contributed by atoms with E-state index in [1.165, 1.54) is 45.1 Å². The van der Waals surface area contributed by atoms with Crippen molar-refractivity contribution in [2.75, 3.05) is 13.6 Å². The molecule has 2 fully saturated rings. The van der Waals surface area contributed by atoms with Gasteiger partial charge in [-0.05, 0) is 68.7 Å². The topological polar surface area (TPSA) is 3.24 Å². The zero-order valence-electron chi connectivity index (χ0n) is 14.6. The summed E-state index contributed by atoms with van der Waals surface area (Å²) < 4.78 is 0. The molecule has 0 aromatic heterocycles. The Bertz CT molecular complexity index is 278. The van der Waals surface area contributed by atoms with Crippen LogP contribution in [0, 0.1) is 23.2 Å². The van der Waals surface area contributed by atoms with Crippen molar-refractivity contribution in [3.05, 3.63) is 0 Å². The van der Waals surface area contributed by atoms with Crippen LogP contribution in [0.4, 0.5) is 0 Å². The highest BCUT2D eigenvalue weighted by Crippen LogP contribution is 2.56. The Morgan fingerprint density at radius 2 is 1.60 bits per heavy atom. The van der Waals surface area contributed by atoms with Crippen molar-refractivity contribution in [1.29, 1.82) is 0 Å². The van der Waals surface area contributed by atoms with E-state index in [0.29, 0.717) is 0 Å². The van der Waals surface area contributed by atoms with Crippen LogP contribution in [0.15, 0.2) is 0 Å². The summed E-state index contributed by atoms with van der Waals surface area (Å²) in [5.74, 6) is 2.77. The van der Waals surface area contributed by atoms with Gasteiger partial charge < -0.3 is 4.90 Å². The summed E-state index contributed by atoms with van der Waals surface area (Å²) in [6, 6.07) is 0.873. The number of hydrogen-bond acceptors (Lipinski definition) is 1. The molecule has 1 heteroatoms. The largest absolute Gasteiger partial charge is 0.303 e. The van der Waals surface area contributed by atoms with Crippen LogP contribution >= 0.6 is 0 Å². The molecule has 2 saturated carbocycles. The smallest absolute Gasteiger partial charge is 0.00927 e. The van der Waals surface area contributed by atoms with Crippen molar-refractivity contribution in [2.24, 2.45) is 23.2 Å². The lowest BCUT2D eigenvalue weighted by atomic mass is 9.54. The fraction of sp³-hybridized carbons (Fsp3) is 1.00. The average molecular weight is 280 g/mol. The van der Waals surface area contributed by atoms with Crippen LogP contribution in [-0.2, 0) is 0 Å². The molecule has 2 aliphatic carbocycles. The second kappa shape index (κ2) is 6.81. The van der Waals surface area contributed by atoms with Gasteiger partial charge in [0.25, 0.3) is 0 Å². The summed E-state index contributed by atoms with van der Waals surface area (Å²) in [5.41, 5.74) is 0.789. The Hall–Kier alpha value is -0.0400. The third kappa shape index (κ3) is 4.23. The van der Waals surface area contributed by atoms with Gasteiger partial charge in [-0.15, -0.1) is 0 Å². The van der Waals surface area contributed by atoms with Gasteiger partial charge in [-0.25, -0.2) is 0 Å². The Balaban J connectivity index is 1.68. The average Bonchev–Trinajstić information content (AvgIpc) is 2.33. The van der Waals surface area contributed by atoms with Gasteiger partial charge in [0.1, 0.15) is 0 Å². The van der Waals surface area contributed by atoms with E-state index in [1.807, 2.05) is 0 Å². The summed E-state index contributed by atoms with van der Waals surface area (Å²) in [7, 11) is 2.34. The van der Waals surface area contributed by atoms with Crippen LogP contribution in [0.1, 0.15) is 79.1 Å². The van der Waals surface area contributed by atoms with Gasteiger partial charge in [0.15, 0.2) is 0 Å². The first-order valence-electron chi connectivity index (χ1n) is 9.10. The first-order valence-corrected chi connectivity index (χ1v) is 9.10. The second-order valence-electron chi connectivity index (χ2n) is 8.81. The van der Waals surface area contributed by atoms with E-state index in [-0.39, 0.29) is 0 Å². The molecule has 0 unspecified atom stereocenters. The van der Waals surface area contributed by atoms with E-state index in [2.05, 4.69) is 39.6 Å². The molecular weight excluding hydrogens is 242 g/mol. The zero-order valence-corrected chi connectivity index (χ0v) is 14.6. The third-order valence-corrected chi connectivity index (χ3v) is 5.89. The Kier molecular flexibility index (Phi) is 5.56. The summed E-state index contributed by atoms with van der Waals surface area (Å²) in [6.45, 7) is 10.7. The maximum Gasteiger partial charge on any atom is 0.00927 e. The SMILES string of the molecule is CC(C)CCC1CC2(CCC(N(C)CC(C)C)CC2)C1. The zero-order chi connectivity index (χ0) is 14.8. The summed E-state index contributed by atoms with van der Waals surface area (Å²) in [6.07, 6.45) is 12.0. The van der Waals surface area contributed by atoms with Gasteiger partial charge in [0.2, 0.25) is 0 Å². The fourth-order valence-electron chi connectivity index (χ4n) is 4.73. The summed E-state index contributed by atoms with van der Waals surface area (Å²) >= 11 is 0. The highest BCUT2D eigenvalue weighted by molar-refractivity contribution is 4.97. The maximum atomic E-state index is 2.63. The van der Waals surface area contributed by atoms with Gasteiger partial charge in [0.05, 0.1) is 0 Å². The lowest BCUT2D eigenvalue weighted by Crippen LogP contribution is -2.45. The second-order valence-corrected chi connectivity index (χ2v) is 8.81. The van der Waals surface area contributed by atoms with E-state index >= 15 is 0 Å². The predicted molar refractivity (Wildman–Crippen MR) is 89.0 cm³/mol.